The number of likely N-dealkylation sites (N-methyl/N-ethyl adjacent to an activating group) is 1. The van der Waals surface area contributed by atoms with Crippen molar-refractivity contribution in [1.82, 2.24) is 4.90 Å². The summed E-state index contributed by atoms with van der Waals surface area (Å²) >= 11 is 0. The summed E-state index contributed by atoms with van der Waals surface area (Å²) in [5, 5.41) is 0. The van der Waals surface area contributed by atoms with E-state index < -0.39 is 0 Å². The second kappa shape index (κ2) is 7.71. The van der Waals surface area contributed by atoms with E-state index in [4.69, 9.17) is 0 Å². The number of hydrogen-bond acceptors (Lipinski definition) is 3. The Morgan fingerprint density at radius 3 is 2.30 bits per heavy atom. The van der Waals surface area contributed by atoms with Gasteiger partial charge < -0.3 is 4.90 Å². The molecule has 0 unspecified atom stereocenters. The molecule has 1 amide bonds. The lowest BCUT2D eigenvalue weighted by atomic mass is 9.79. The molecule has 2 aliphatic rings. The van der Waals surface area contributed by atoms with Crippen molar-refractivity contribution in [2.24, 2.45) is 21.8 Å². The van der Waals surface area contributed by atoms with Crippen molar-refractivity contribution in [3.63, 3.8) is 0 Å². The maximum absolute atomic E-state index is 12.8. The minimum absolute atomic E-state index is 0.0728. The quantitative estimate of drug-likeness (QED) is 0.737. The third-order valence-electron chi connectivity index (χ3n) is 5.38. The molecule has 0 N–H and O–H groups in total. The topological polar surface area (TPSA) is 45.0 Å². The molecule has 126 valence electrons. The number of hydrogen-bond donors (Lipinski definition) is 0. The molecular formula is C19H29N3O. The van der Waals surface area contributed by atoms with Crippen LogP contribution in [0.25, 0.3) is 0 Å². The Morgan fingerprint density at radius 1 is 1.13 bits per heavy atom. The minimum Gasteiger partial charge on any atom is -0.339 e. The zero-order valence-electron chi connectivity index (χ0n) is 15.0. The summed E-state index contributed by atoms with van der Waals surface area (Å²) in [4.78, 5) is 23.1. The molecule has 1 atom stereocenters. The molecule has 2 aliphatic carbocycles. The van der Waals surface area contributed by atoms with Gasteiger partial charge in [0, 0.05) is 32.8 Å². The van der Waals surface area contributed by atoms with Crippen molar-refractivity contribution in [2.75, 3.05) is 21.1 Å². The Kier molecular flexibility index (Phi) is 5.91. The number of carbonyl (C=O) groups excluding carboxylic acids is 1. The van der Waals surface area contributed by atoms with Gasteiger partial charge in [-0.05, 0) is 49.8 Å². The van der Waals surface area contributed by atoms with Crippen molar-refractivity contribution in [3.8, 4) is 0 Å². The highest BCUT2D eigenvalue weighted by molar-refractivity contribution is 6.52. The summed E-state index contributed by atoms with van der Waals surface area (Å²) in [5.41, 5.74) is 2.28. The SMILES string of the molecule is CN=C1C=CC(C(=O)N(C)[C@H](C)C2CCC(C)CC2)=CC1=NC. The fourth-order valence-corrected chi connectivity index (χ4v) is 3.50. The van der Waals surface area contributed by atoms with E-state index in [1.54, 1.807) is 14.1 Å². The van der Waals surface area contributed by atoms with Crippen LogP contribution in [0.15, 0.2) is 33.8 Å². The van der Waals surface area contributed by atoms with Crippen molar-refractivity contribution >= 4 is 17.3 Å². The molecule has 0 aromatic rings. The van der Waals surface area contributed by atoms with Crippen molar-refractivity contribution in [3.05, 3.63) is 23.8 Å². The van der Waals surface area contributed by atoms with Crippen LogP contribution < -0.4 is 0 Å². The van der Waals surface area contributed by atoms with E-state index >= 15 is 0 Å². The Morgan fingerprint density at radius 2 is 1.74 bits per heavy atom. The van der Waals surface area contributed by atoms with Gasteiger partial charge in [0.2, 0.25) is 0 Å². The molecule has 1 fully saturated rings. The predicted molar refractivity (Wildman–Crippen MR) is 97.3 cm³/mol. The molecule has 0 radical (unpaired) electrons. The van der Waals surface area contributed by atoms with Crippen LogP contribution in [0.1, 0.15) is 39.5 Å². The summed E-state index contributed by atoms with van der Waals surface area (Å²) < 4.78 is 0. The number of nitrogens with zero attached hydrogens (tertiary/aromatic N) is 3. The third kappa shape index (κ3) is 3.98. The molecule has 0 aromatic carbocycles. The normalized spacial score (nSPS) is 29.5. The lowest BCUT2D eigenvalue weighted by Gasteiger charge is -2.36. The second-order valence-corrected chi connectivity index (χ2v) is 6.83. The minimum atomic E-state index is 0.0728. The van der Waals surface area contributed by atoms with Gasteiger partial charge in [-0.3, -0.25) is 14.8 Å². The van der Waals surface area contributed by atoms with Crippen LogP contribution in [0.5, 0.6) is 0 Å². The van der Waals surface area contributed by atoms with Crippen LogP contribution in [0.3, 0.4) is 0 Å². The standard InChI is InChI=1S/C19H29N3O/c1-13-6-8-15(9-7-13)14(2)22(5)19(23)16-10-11-17(20-3)18(12-16)21-4/h10-15H,6-9H2,1-5H3/t13?,14-,15?/m1/s1. The van der Waals surface area contributed by atoms with E-state index in [1.165, 1.54) is 25.7 Å². The van der Waals surface area contributed by atoms with Gasteiger partial charge in [-0.2, -0.15) is 0 Å². The van der Waals surface area contributed by atoms with E-state index in [0.29, 0.717) is 11.5 Å². The molecule has 0 aromatic heterocycles. The average Bonchev–Trinajstić information content (AvgIpc) is 2.59. The first-order valence-electron chi connectivity index (χ1n) is 8.58. The maximum atomic E-state index is 12.8. The number of carbonyl (C=O) groups is 1. The second-order valence-electron chi connectivity index (χ2n) is 6.83. The summed E-state index contributed by atoms with van der Waals surface area (Å²) in [6, 6.07) is 0.271. The third-order valence-corrected chi connectivity index (χ3v) is 5.38. The maximum Gasteiger partial charge on any atom is 0.253 e. The van der Waals surface area contributed by atoms with E-state index in [2.05, 4.69) is 23.8 Å². The van der Waals surface area contributed by atoms with E-state index in [0.717, 1.165) is 17.3 Å². The van der Waals surface area contributed by atoms with Gasteiger partial charge in [0.1, 0.15) is 0 Å². The predicted octanol–water partition coefficient (Wildman–Crippen LogP) is 3.30. The lowest BCUT2D eigenvalue weighted by molar-refractivity contribution is -0.128. The van der Waals surface area contributed by atoms with Gasteiger partial charge in [-0.25, -0.2) is 0 Å². The Bertz CT molecular complexity index is 563. The summed E-state index contributed by atoms with van der Waals surface area (Å²) in [7, 11) is 5.39. The molecule has 0 spiro atoms. The van der Waals surface area contributed by atoms with Gasteiger partial charge in [0.15, 0.2) is 0 Å². The van der Waals surface area contributed by atoms with Gasteiger partial charge in [-0.15, -0.1) is 0 Å². The largest absolute Gasteiger partial charge is 0.339 e. The molecule has 0 heterocycles. The van der Waals surface area contributed by atoms with Crippen LogP contribution in [0.2, 0.25) is 0 Å². The van der Waals surface area contributed by atoms with Crippen LogP contribution in [-0.2, 0) is 4.79 Å². The molecule has 1 saturated carbocycles. The van der Waals surface area contributed by atoms with Gasteiger partial charge >= 0.3 is 0 Å². The Hall–Kier alpha value is -1.71. The van der Waals surface area contributed by atoms with Crippen LogP contribution in [0, 0.1) is 11.8 Å². The number of rotatable bonds is 3. The van der Waals surface area contributed by atoms with Gasteiger partial charge in [0.25, 0.3) is 5.91 Å². The highest BCUT2D eigenvalue weighted by Crippen LogP contribution is 2.32. The van der Waals surface area contributed by atoms with Crippen LogP contribution in [-0.4, -0.2) is 49.4 Å². The molecule has 0 aliphatic heterocycles. The van der Waals surface area contributed by atoms with Crippen LogP contribution in [0.4, 0.5) is 0 Å². The van der Waals surface area contributed by atoms with E-state index in [1.807, 2.05) is 30.2 Å². The zero-order chi connectivity index (χ0) is 17.0. The van der Waals surface area contributed by atoms with Crippen LogP contribution >= 0.6 is 0 Å². The van der Waals surface area contributed by atoms with Gasteiger partial charge in [0.05, 0.1) is 11.4 Å². The first kappa shape index (κ1) is 17.6. The monoisotopic (exact) mass is 315 g/mol. The molecule has 0 bridgehead atoms. The molecule has 23 heavy (non-hydrogen) atoms. The zero-order valence-corrected chi connectivity index (χ0v) is 15.0. The highest BCUT2D eigenvalue weighted by Gasteiger charge is 2.29. The molecule has 4 heteroatoms. The number of amides is 1. The average molecular weight is 315 g/mol. The smallest absolute Gasteiger partial charge is 0.253 e. The molecule has 0 saturated heterocycles. The van der Waals surface area contributed by atoms with Crippen molar-refractivity contribution in [1.29, 1.82) is 0 Å². The number of allylic oxidation sites excluding steroid dienone is 2. The summed E-state index contributed by atoms with van der Waals surface area (Å²) in [6.45, 7) is 4.51. The summed E-state index contributed by atoms with van der Waals surface area (Å²) in [6.07, 6.45) is 10.6. The lowest BCUT2D eigenvalue weighted by Crippen LogP contribution is -2.42. The fourth-order valence-electron chi connectivity index (χ4n) is 3.50. The fraction of sp³-hybridized carbons (Fsp3) is 0.632. The van der Waals surface area contributed by atoms with Crippen molar-refractivity contribution < 1.29 is 4.79 Å². The summed E-state index contributed by atoms with van der Waals surface area (Å²) in [5.74, 6) is 1.52. The van der Waals surface area contributed by atoms with Crippen molar-refractivity contribution in [2.45, 2.75) is 45.6 Å². The Balaban J connectivity index is 2.08. The molecule has 2 rings (SSSR count). The Labute approximate surface area is 140 Å². The van der Waals surface area contributed by atoms with E-state index in [9.17, 15) is 4.79 Å². The first-order chi connectivity index (χ1) is 11.0. The molecular weight excluding hydrogens is 286 g/mol. The van der Waals surface area contributed by atoms with Gasteiger partial charge in [-0.1, -0.05) is 19.8 Å². The number of aliphatic imine (C=N–C) groups is 2. The highest BCUT2D eigenvalue weighted by atomic mass is 16.2. The van der Waals surface area contributed by atoms with E-state index in [-0.39, 0.29) is 11.9 Å². The first-order valence-corrected chi connectivity index (χ1v) is 8.58. The molecule has 4 nitrogen and oxygen atoms in total.